The van der Waals surface area contributed by atoms with Gasteiger partial charge in [-0.25, -0.2) is 0 Å². The fourth-order valence-electron chi connectivity index (χ4n) is 1.81. The topological polar surface area (TPSA) is 124 Å². The van der Waals surface area contributed by atoms with Crippen LogP contribution in [-0.4, -0.2) is 21.0 Å². The quantitative estimate of drug-likeness (QED) is 0.565. The average Bonchev–Trinajstić information content (AvgIpc) is 3.23. The minimum atomic E-state index is -0.721. The third kappa shape index (κ3) is 3.23. The highest BCUT2D eigenvalue weighted by Crippen LogP contribution is 2.17. The number of rotatable bonds is 5. The third-order valence-corrected chi connectivity index (χ3v) is 2.88. The summed E-state index contributed by atoms with van der Waals surface area (Å²) in [6, 6.07) is 11.5. The first-order chi connectivity index (χ1) is 11.1. The molecule has 3 aromatic rings. The van der Waals surface area contributed by atoms with E-state index in [0.717, 1.165) is 11.6 Å². The van der Waals surface area contributed by atoms with Gasteiger partial charge in [-0.2, -0.15) is 0 Å². The van der Waals surface area contributed by atoms with Crippen LogP contribution in [0.3, 0.4) is 0 Å². The molecule has 0 spiro atoms. The maximum absolute atomic E-state index is 11.8. The van der Waals surface area contributed by atoms with Crippen molar-refractivity contribution in [1.29, 1.82) is 0 Å². The van der Waals surface area contributed by atoms with E-state index in [4.69, 9.17) is 8.83 Å². The van der Waals surface area contributed by atoms with Gasteiger partial charge in [-0.1, -0.05) is 18.2 Å². The molecule has 9 nitrogen and oxygen atoms in total. The molecule has 0 saturated carbocycles. The zero-order chi connectivity index (χ0) is 16.2. The van der Waals surface area contributed by atoms with E-state index in [1.807, 2.05) is 30.3 Å². The van der Waals surface area contributed by atoms with Gasteiger partial charge in [0.1, 0.15) is 4.92 Å². The smallest absolute Gasteiger partial charge is 0.419 e. The van der Waals surface area contributed by atoms with Crippen molar-refractivity contribution in [1.82, 2.24) is 15.5 Å². The van der Waals surface area contributed by atoms with Crippen molar-refractivity contribution in [3.8, 4) is 11.5 Å². The normalized spacial score (nSPS) is 10.4. The van der Waals surface area contributed by atoms with Crippen LogP contribution in [0.5, 0.6) is 0 Å². The van der Waals surface area contributed by atoms with E-state index in [9.17, 15) is 14.9 Å². The van der Waals surface area contributed by atoms with Gasteiger partial charge in [0.25, 0.3) is 5.91 Å². The standard InChI is InChI=1S/C14H10N4O5/c19-13(10-6-7-12(22-10)18(20)21)15-8-11-16-17-14(23-11)9-4-2-1-3-5-9/h1-7H,8H2,(H,15,19). The number of nitrogens with one attached hydrogen (secondary N) is 1. The predicted octanol–water partition coefficient (Wildman–Crippen LogP) is 2.17. The first-order valence-corrected chi connectivity index (χ1v) is 6.54. The number of carbonyl (C=O) groups excluding carboxylic acids is 1. The molecule has 2 heterocycles. The van der Waals surface area contributed by atoms with E-state index in [-0.39, 0.29) is 18.2 Å². The van der Waals surface area contributed by atoms with Crippen molar-refractivity contribution < 1.29 is 18.6 Å². The van der Waals surface area contributed by atoms with E-state index in [2.05, 4.69) is 15.5 Å². The highest BCUT2D eigenvalue weighted by Gasteiger charge is 2.17. The number of aromatic nitrogens is 2. The van der Waals surface area contributed by atoms with Crippen LogP contribution in [0.4, 0.5) is 5.88 Å². The maximum atomic E-state index is 11.8. The van der Waals surface area contributed by atoms with Crippen LogP contribution in [0.25, 0.3) is 11.5 Å². The molecule has 0 atom stereocenters. The summed E-state index contributed by atoms with van der Waals surface area (Å²) in [5.41, 5.74) is 0.763. The Kier molecular flexibility index (Phi) is 3.83. The second kappa shape index (κ2) is 6.10. The summed E-state index contributed by atoms with van der Waals surface area (Å²) in [7, 11) is 0. The van der Waals surface area contributed by atoms with E-state index in [1.54, 1.807) is 0 Å². The van der Waals surface area contributed by atoms with Gasteiger partial charge in [0.05, 0.1) is 12.6 Å². The highest BCUT2D eigenvalue weighted by atomic mass is 16.6. The van der Waals surface area contributed by atoms with Gasteiger partial charge in [-0.05, 0) is 18.2 Å². The maximum Gasteiger partial charge on any atom is 0.433 e. The van der Waals surface area contributed by atoms with Gasteiger partial charge in [-0.15, -0.1) is 10.2 Å². The van der Waals surface area contributed by atoms with Crippen LogP contribution in [0.1, 0.15) is 16.4 Å². The molecule has 1 aromatic carbocycles. The predicted molar refractivity (Wildman–Crippen MR) is 76.3 cm³/mol. The van der Waals surface area contributed by atoms with Crippen molar-refractivity contribution in [2.45, 2.75) is 6.54 Å². The zero-order valence-electron chi connectivity index (χ0n) is 11.6. The fraction of sp³-hybridized carbons (Fsp3) is 0.0714. The number of carbonyl (C=O) groups is 1. The Morgan fingerprint density at radius 2 is 1.91 bits per heavy atom. The first kappa shape index (κ1) is 14.4. The van der Waals surface area contributed by atoms with Gasteiger partial charge >= 0.3 is 5.88 Å². The van der Waals surface area contributed by atoms with Crippen molar-refractivity contribution >= 4 is 11.8 Å². The Morgan fingerprint density at radius 3 is 2.61 bits per heavy atom. The molecule has 9 heteroatoms. The molecule has 0 aliphatic carbocycles. The van der Waals surface area contributed by atoms with Crippen LogP contribution in [0.2, 0.25) is 0 Å². The number of amides is 1. The lowest BCUT2D eigenvalue weighted by Crippen LogP contribution is -2.22. The minimum absolute atomic E-state index is 0.0207. The third-order valence-electron chi connectivity index (χ3n) is 2.88. The summed E-state index contributed by atoms with van der Waals surface area (Å²) in [6.45, 7) is -0.0207. The molecule has 3 rings (SSSR count). The van der Waals surface area contributed by atoms with E-state index >= 15 is 0 Å². The highest BCUT2D eigenvalue weighted by molar-refractivity contribution is 5.91. The number of hydrogen-bond donors (Lipinski definition) is 1. The van der Waals surface area contributed by atoms with E-state index < -0.39 is 16.7 Å². The van der Waals surface area contributed by atoms with Gasteiger partial charge in [-0.3, -0.25) is 14.9 Å². The Hall–Kier alpha value is -3.49. The molecular formula is C14H10N4O5. The second-order valence-electron chi connectivity index (χ2n) is 4.44. The SMILES string of the molecule is O=C(NCc1nnc(-c2ccccc2)o1)c1ccc([N+](=O)[O-])o1. The molecule has 23 heavy (non-hydrogen) atoms. The summed E-state index contributed by atoms with van der Waals surface area (Å²) < 4.78 is 10.2. The molecule has 2 aromatic heterocycles. The van der Waals surface area contributed by atoms with Crippen LogP contribution in [0, 0.1) is 10.1 Å². The Labute approximate surface area is 129 Å². The largest absolute Gasteiger partial charge is 0.433 e. The van der Waals surface area contributed by atoms with Gasteiger partial charge < -0.3 is 14.2 Å². The lowest BCUT2D eigenvalue weighted by Gasteiger charge is -1.98. The zero-order valence-corrected chi connectivity index (χ0v) is 11.6. The van der Waals surface area contributed by atoms with Crippen LogP contribution in [-0.2, 0) is 6.54 Å². The van der Waals surface area contributed by atoms with Crippen LogP contribution in [0.15, 0.2) is 51.3 Å². The number of nitro groups is 1. The Bertz CT molecular complexity index is 840. The number of benzene rings is 1. The summed E-state index contributed by atoms with van der Waals surface area (Å²) in [6.07, 6.45) is 0. The van der Waals surface area contributed by atoms with Crippen molar-refractivity contribution in [2.24, 2.45) is 0 Å². The fourth-order valence-corrected chi connectivity index (χ4v) is 1.81. The molecule has 0 saturated heterocycles. The molecule has 0 bridgehead atoms. The lowest BCUT2D eigenvalue weighted by atomic mass is 10.2. The van der Waals surface area contributed by atoms with Gasteiger partial charge in [0, 0.05) is 5.56 Å². The molecule has 116 valence electrons. The Morgan fingerprint density at radius 1 is 1.13 bits per heavy atom. The molecule has 0 aliphatic heterocycles. The molecule has 0 fully saturated rings. The van der Waals surface area contributed by atoms with Gasteiger partial charge in [0.2, 0.25) is 11.8 Å². The van der Waals surface area contributed by atoms with E-state index in [1.165, 1.54) is 6.07 Å². The molecule has 0 unspecified atom stereocenters. The monoisotopic (exact) mass is 314 g/mol. The van der Waals surface area contributed by atoms with Gasteiger partial charge in [0.15, 0.2) is 5.76 Å². The molecule has 0 aliphatic rings. The van der Waals surface area contributed by atoms with Crippen molar-refractivity contribution in [3.63, 3.8) is 0 Å². The van der Waals surface area contributed by atoms with Crippen molar-refractivity contribution in [3.05, 3.63) is 64.2 Å². The second-order valence-corrected chi connectivity index (χ2v) is 4.44. The molecule has 0 radical (unpaired) electrons. The molecule has 1 amide bonds. The summed E-state index contributed by atoms with van der Waals surface area (Å²) >= 11 is 0. The number of hydrogen-bond acceptors (Lipinski definition) is 7. The summed E-state index contributed by atoms with van der Waals surface area (Å²) in [5.74, 6) is -0.738. The summed E-state index contributed by atoms with van der Waals surface area (Å²) in [5, 5.41) is 20.7. The number of nitrogens with zero attached hydrogens (tertiary/aromatic N) is 3. The molecular weight excluding hydrogens is 304 g/mol. The summed E-state index contributed by atoms with van der Waals surface area (Å²) in [4.78, 5) is 21.6. The lowest BCUT2D eigenvalue weighted by molar-refractivity contribution is -0.402. The van der Waals surface area contributed by atoms with Crippen LogP contribution < -0.4 is 5.32 Å². The minimum Gasteiger partial charge on any atom is -0.419 e. The van der Waals surface area contributed by atoms with E-state index in [0.29, 0.717) is 5.89 Å². The number of furan rings is 1. The Balaban J connectivity index is 1.63. The average molecular weight is 314 g/mol. The van der Waals surface area contributed by atoms with Crippen molar-refractivity contribution in [2.75, 3.05) is 0 Å². The van der Waals surface area contributed by atoms with Crippen LogP contribution >= 0.6 is 0 Å². The first-order valence-electron chi connectivity index (χ1n) is 6.54. The molecule has 1 N–H and O–H groups in total.